The van der Waals surface area contributed by atoms with Crippen LogP contribution in [0.4, 0.5) is 11.4 Å². The van der Waals surface area contributed by atoms with Gasteiger partial charge in [0.2, 0.25) is 0 Å². The topological polar surface area (TPSA) is 99.9 Å². The minimum Gasteiger partial charge on any atom is -0.497 e. The molecule has 0 spiro atoms. The SMILES string of the molecule is COc1cc(NS(=O)(=O)c2ccc(N)cc2OC)cc(OC)c1. The lowest BCUT2D eigenvalue weighted by Gasteiger charge is -2.13. The van der Waals surface area contributed by atoms with E-state index in [1.807, 2.05) is 0 Å². The smallest absolute Gasteiger partial charge is 0.265 e. The maximum atomic E-state index is 12.6. The summed E-state index contributed by atoms with van der Waals surface area (Å²) in [7, 11) is 0.477. The molecule has 0 aliphatic heterocycles. The van der Waals surface area contributed by atoms with Crippen LogP contribution in [0.25, 0.3) is 0 Å². The van der Waals surface area contributed by atoms with E-state index in [2.05, 4.69) is 4.72 Å². The van der Waals surface area contributed by atoms with Crippen molar-refractivity contribution in [2.24, 2.45) is 0 Å². The van der Waals surface area contributed by atoms with Crippen molar-refractivity contribution in [3.8, 4) is 17.2 Å². The van der Waals surface area contributed by atoms with Crippen LogP contribution in [0.2, 0.25) is 0 Å². The number of benzene rings is 2. The Morgan fingerprint density at radius 1 is 0.913 bits per heavy atom. The predicted molar refractivity (Wildman–Crippen MR) is 87.8 cm³/mol. The fourth-order valence-corrected chi connectivity index (χ4v) is 3.18. The summed E-state index contributed by atoms with van der Waals surface area (Å²) in [6.07, 6.45) is 0. The number of rotatable bonds is 6. The Kier molecular flexibility index (Phi) is 4.85. The molecule has 2 rings (SSSR count). The van der Waals surface area contributed by atoms with Crippen molar-refractivity contribution in [1.29, 1.82) is 0 Å². The molecule has 0 bridgehead atoms. The molecule has 0 aliphatic rings. The second-order valence-electron chi connectivity index (χ2n) is 4.62. The van der Waals surface area contributed by atoms with Gasteiger partial charge in [0, 0.05) is 30.0 Å². The fourth-order valence-electron chi connectivity index (χ4n) is 1.98. The molecule has 2 aromatic carbocycles. The minimum atomic E-state index is -3.86. The van der Waals surface area contributed by atoms with Crippen molar-refractivity contribution in [3.63, 3.8) is 0 Å². The number of nitrogens with two attached hydrogens (primary N) is 1. The summed E-state index contributed by atoms with van der Waals surface area (Å²) in [4.78, 5) is -0.0176. The second kappa shape index (κ2) is 6.66. The van der Waals surface area contributed by atoms with Gasteiger partial charge in [0.25, 0.3) is 10.0 Å². The van der Waals surface area contributed by atoms with Crippen molar-refractivity contribution in [2.75, 3.05) is 31.8 Å². The maximum absolute atomic E-state index is 12.6. The third-order valence-corrected chi connectivity index (χ3v) is 4.50. The van der Waals surface area contributed by atoms with Gasteiger partial charge >= 0.3 is 0 Å². The normalized spacial score (nSPS) is 10.9. The van der Waals surface area contributed by atoms with Crippen LogP contribution in [0.3, 0.4) is 0 Å². The summed E-state index contributed by atoms with van der Waals surface area (Å²) in [6.45, 7) is 0. The molecule has 2 aromatic rings. The Bertz CT molecular complexity index is 783. The molecule has 0 unspecified atom stereocenters. The maximum Gasteiger partial charge on any atom is 0.265 e. The molecule has 0 radical (unpaired) electrons. The van der Waals surface area contributed by atoms with Crippen LogP contribution in [0.1, 0.15) is 0 Å². The van der Waals surface area contributed by atoms with E-state index in [9.17, 15) is 8.42 Å². The first kappa shape index (κ1) is 16.8. The highest BCUT2D eigenvalue weighted by molar-refractivity contribution is 7.92. The number of hydrogen-bond acceptors (Lipinski definition) is 6. The molecular weight excluding hydrogens is 320 g/mol. The number of anilines is 2. The van der Waals surface area contributed by atoms with Crippen LogP contribution in [0.15, 0.2) is 41.3 Å². The monoisotopic (exact) mass is 338 g/mol. The molecule has 23 heavy (non-hydrogen) atoms. The van der Waals surface area contributed by atoms with E-state index < -0.39 is 10.0 Å². The van der Waals surface area contributed by atoms with E-state index in [0.29, 0.717) is 22.9 Å². The average molecular weight is 338 g/mol. The zero-order chi connectivity index (χ0) is 17.0. The van der Waals surface area contributed by atoms with Gasteiger partial charge in [0.1, 0.15) is 22.1 Å². The number of ether oxygens (including phenoxy) is 3. The number of sulfonamides is 1. The number of methoxy groups -OCH3 is 3. The summed E-state index contributed by atoms with van der Waals surface area (Å²) in [5.41, 5.74) is 6.36. The van der Waals surface area contributed by atoms with Crippen molar-refractivity contribution in [1.82, 2.24) is 0 Å². The molecule has 0 amide bonds. The molecule has 0 saturated carbocycles. The van der Waals surface area contributed by atoms with Crippen LogP contribution in [0.5, 0.6) is 17.2 Å². The first-order valence-electron chi connectivity index (χ1n) is 6.59. The van der Waals surface area contributed by atoms with Crippen LogP contribution >= 0.6 is 0 Å². The minimum absolute atomic E-state index is 0.0176. The van der Waals surface area contributed by atoms with Gasteiger partial charge in [-0.3, -0.25) is 4.72 Å². The van der Waals surface area contributed by atoms with E-state index in [0.717, 1.165) is 0 Å². The lowest BCUT2D eigenvalue weighted by molar-refractivity contribution is 0.395. The first-order chi connectivity index (χ1) is 10.9. The van der Waals surface area contributed by atoms with Crippen molar-refractivity contribution in [2.45, 2.75) is 4.90 Å². The van der Waals surface area contributed by atoms with Crippen molar-refractivity contribution in [3.05, 3.63) is 36.4 Å². The molecular formula is C15H18N2O5S. The van der Waals surface area contributed by atoms with Gasteiger partial charge in [0.15, 0.2) is 0 Å². The lowest BCUT2D eigenvalue weighted by atomic mass is 10.3. The van der Waals surface area contributed by atoms with Crippen molar-refractivity contribution >= 4 is 21.4 Å². The molecule has 0 atom stereocenters. The molecule has 0 heterocycles. The third-order valence-electron chi connectivity index (χ3n) is 3.08. The van der Waals surface area contributed by atoms with Crippen LogP contribution in [-0.2, 0) is 10.0 Å². The van der Waals surface area contributed by atoms with Gasteiger partial charge in [-0.25, -0.2) is 8.42 Å². The summed E-state index contributed by atoms with van der Waals surface area (Å²) in [5, 5.41) is 0. The van der Waals surface area contributed by atoms with Gasteiger partial charge in [0.05, 0.1) is 27.0 Å². The molecule has 0 aliphatic carbocycles. The molecule has 0 fully saturated rings. The Labute approximate surface area is 135 Å². The summed E-state index contributed by atoms with van der Waals surface area (Å²) in [5.74, 6) is 1.09. The van der Waals surface area contributed by atoms with E-state index >= 15 is 0 Å². The van der Waals surface area contributed by atoms with Gasteiger partial charge in [-0.2, -0.15) is 0 Å². The van der Waals surface area contributed by atoms with Crippen LogP contribution < -0.4 is 24.7 Å². The zero-order valence-corrected chi connectivity index (χ0v) is 13.8. The fraction of sp³-hybridized carbons (Fsp3) is 0.200. The standard InChI is InChI=1S/C15H18N2O5S/c1-20-12-7-11(8-13(9-12)21-2)17-23(18,19)15-5-4-10(16)6-14(15)22-3/h4-9,17H,16H2,1-3H3. The number of nitrogens with one attached hydrogen (secondary N) is 1. The van der Waals surface area contributed by atoms with Crippen molar-refractivity contribution < 1.29 is 22.6 Å². The molecule has 8 heteroatoms. The summed E-state index contributed by atoms with van der Waals surface area (Å²) < 4.78 is 43.0. The van der Waals surface area contributed by atoms with E-state index in [4.69, 9.17) is 19.9 Å². The van der Waals surface area contributed by atoms with Gasteiger partial charge < -0.3 is 19.9 Å². The van der Waals surface area contributed by atoms with Gasteiger partial charge in [-0.1, -0.05) is 0 Å². The molecule has 7 nitrogen and oxygen atoms in total. The third kappa shape index (κ3) is 3.78. The highest BCUT2D eigenvalue weighted by Crippen LogP contribution is 2.30. The Hall–Kier alpha value is -2.61. The van der Waals surface area contributed by atoms with E-state index in [1.165, 1.54) is 39.5 Å². The molecule has 124 valence electrons. The van der Waals surface area contributed by atoms with E-state index in [1.54, 1.807) is 18.2 Å². The Morgan fingerprint density at radius 3 is 2.04 bits per heavy atom. The summed E-state index contributed by atoms with van der Waals surface area (Å²) in [6, 6.07) is 9.05. The lowest BCUT2D eigenvalue weighted by Crippen LogP contribution is -2.14. The highest BCUT2D eigenvalue weighted by Gasteiger charge is 2.20. The number of nitrogen functional groups attached to an aromatic ring is 1. The Balaban J connectivity index is 2.42. The first-order valence-corrected chi connectivity index (χ1v) is 8.07. The van der Waals surface area contributed by atoms with E-state index in [-0.39, 0.29) is 10.6 Å². The largest absolute Gasteiger partial charge is 0.497 e. The number of hydrogen-bond donors (Lipinski definition) is 2. The molecule has 3 N–H and O–H groups in total. The summed E-state index contributed by atoms with van der Waals surface area (Å²) >= 11 is 0. The molecule has 0 saturated heterocycles. The average Bonchev–Trinajstić information content (AvgIpc) is 2.53. The van der Waals surface area contributed by atoms with Gasteiger partial charge in [-0.05, 0) is 12.1 Å². The Morgan fingerprint density at radius 2 is 1.52 bits per heavy atom. The zero-order valence-electron chi connectivity index (χ0n) is 13.0. The van der Waals surface area contributed by atoms with Gasteiger partial charge in [-0.15, -0.1) is 0 Å². The quantitative estimate of drug-likeness (QED) is 0.782. The van der Waals surface area contributed by atoms with Crippen LogP contribution in [-0.4, -0.2) is 29.7 Å². The van der Waals surface area contributed by atoms with Crippen LogP contribution in [0, 0.1) is 0 Å². The second-order valence-corrected chi connectivity index (χ2v) is 6.27. The predicted octanol–water partition coefficient (Wildman–Crippen LogP) is 2.10. The molecule has 0 aromatic heterocycles. The highest BCUT2D eigenvalue weighted by atomic mass is 32.2.